The van der Waals surface area contributed by atoms with Crippen molar-refractivity contribution in [2.24, 2.45) is 0 Å². The lowest BCUT2D eigenvalue weighted by Crippen LogP contribution is -2.42. The minimum absolute atomic E-state index is 0.0479. The molecule has 3 atom stereocenters. The van der Waals surface area contributed by atoms with E-state index in [-0.39, 0.29) is 13.2 Å². The summed E-state index contributed by atoms with van der Waals surface area (Å²) in [5, 5.41) is 17.1. The molecule has 0 bridgehead atoms. The van der Waals surface area contributed by atoms with Crippen LogP contribution in [-0.4, -0.2) is 48.6 Å². The predicted molar refractivity (Wildman–Crippen MR) is 104 cm³/mol. The average Bonchev–Trinajstić information content (AvgIpc) is 2.79. The summed E-state index contributed by atoms with van der Waals surface area (Å²) in [5.74, 6) is 0. The van der Waals surface area contributed by atoms with Crippen molar-refractivity contribution in [3.63, 3.8) is 0 Å². The fraction of sp³-hybridized carbons (Fsp3) is 0.286. The van der Waals surface area contributed by atoms with Gasteiger partial charge in [0, 0.05) is 6.21 Å². The lowest BCUT2D eigenvalue weighted by atomic mass is 10.1. The summed E-state index contributed by atoms with van der Waals surface area (Å²) in [6, 6.07) is 17.5. The Labute approximate surface area is 172 Å². The molecule has 0 unspecified atom stereocenters. The van der Waals surface area contributed by atoms with E-state index in [1.165, 1.54) is 0 Å². The Bertz CT molecular complexity index is 804. The van der Waals surface area contributed by atoms with Crippen LogP contribution in [0.1, 0.15) is 11.1 Å². The van der Waals surface area contributed by atoms with Crippen molar-refractivity contribution < 1.29 is 38.0 Å². The molecule has 2 N–H and O–H groups in total. The second-order valence-corrected chi connectivity index (χ2v) is 6.12. The zero-order chi connectivity index (χ0) is 21.8. The Morgan fingerprint density at radius 3 is 1.90 bits per heavy atom. The third kappa shape index (κ3) is 7.88. The van der Waals surface area contributed by atoms with Gasteiger partial charge >= 0.3 is 12.3 Å². The van der Waals surface area contributed by atoms with E-state index < -0.39 is 37.3 Å². The van der Waals surface area contributed by atoms with E-state index in [1.54, 1.807) is 60.7 Å². The summed E-state index contributed by atoms with van der Waals surface area (Å²) in [5.41, 5.74) is 1.41. The summed E-state index contributed by atoms with van der Waals surface area (Å²) in [6.07, 6.45) is -7.64. The third-order valence-corrected chi connectivity index (χ3v) is 3.86. The number of carbonyl (C=O) groups is 2. The summed E-state index contributed by atoms with van der Waals surface area (Å²) >= 11 is 0. The first-order chi connectivity index (χ1) is 14.5. The highest BCUT2D eigenvalue weighted by molar-refractivity contribution is 5.64. The van der Waals surface area contributed by atoms with Crippen LogP contribution in [0.4, 0.5) is 14.0 Å². The molecule has 0 spiro atoms. The molecule has 30 heavy (non-hydrogen) atoms. The van der Waals surface area contributed by atoms with Crippen LogP contribution < -0.4 is 0 Å². The van der Waals surface area contributed by atoms with Crippen LogP contribution >= 0.6 is 0 Å². The lowest BCUT2D eigenvalue weighted by molar-refractivity contribution is -0.0752. The molecule has 0 aliphatic carbocycles. The standard InChI is InChI=1S/C21H22FNO7/c22-17(11-23)19(30-21(26)28-13-16-9-5-2-6-10-16)18(24)14-29-20(25)27-12-15-7-3-1-4-8-15/h1-11,17-19,23-24H,12-14H2/t17-,18-,19+/m1/s1. The smallest absolute Gasteiger partial charge is 0.431 e. The first kappa shape index (κ1) is 22.8. The minimum atomic E-state index is -2.13. The molecule has 160 valence electrons. The number of nitrogens with one attached hydrogen (secondary N) is 1. The first-order valence-corrected chi connectivity index (χ1v) is 9.03. The lowest BCUT2D eigenvalue weighted by Gasteiger charge is -2.23. The summed E-state index contributed by atoms with van der Waals surface area (Å²) in [4.78, 5) is 23.5. The number of rotatable bonds is 10. The molecule has 2 aromatic rings. The van der Waals surface area contributed by atoms with E-state index in [0.717, 1.165) is 5.56 Å². The molecule has 2 rings (SSSR count). The molecule has 0 radical (unpaired) electrons. The van der Waals surface area contributed by atoms with Gasteiger partial charge in [-0.25, -0.2) is 14.0 Å². The molecule has 0 aliphatic heterocycles. The van der Waals surface area contributed by atoms with E-state index in [9.17, 15) is 19.1 Å². The Morgan fingerprint density at radius 2 is 1.40 bits per heavy atom. The van der Waals surface area contributed by atoms with Crippen LogP contribution in [0.15, 0.2) is 60.7 Å². The van der Waals surface area contributed by atoms with E-state index in [4.69, 9.17) is 24.4 Å². The predicted octanol–water partition coefficient (Wildman–Crippen LogP) is 3.41. The number of alkyl halides is 1. The summed E-state index contributed by atoms with van der Waals surface area (Å²) in [7, 11) is 0. The molecule has 0 saturated heterocycles. The first-order valence-electron chi connectivity index (χ1n) is 9.03. The van der Waals surface area contributed by atoms with E-state index in [2.05, 4.69) is 0 Å². The van der Waals surface area contributed by atoms with Crippen molar-refractivity contribution >= 4 is 18.5 Å². The fourth-order valence-electron chi connectivity index (χ4n) is 2.32. The topological polar surface area (TPSA) is 115 Å². The van der Waals surface area contributed by atoms with Gasteiger partial charge in [0.15, 0.2) is 12.3 Å². The van der Waals surface area contributed by atoms with Gasteiger partial charge in [-0.05, 0) is 11.1 Å². The van der Waals surface area contributed by atoms with Crippen molar-refractivity contribution in [1.29, 1.82) is 5.41 Å². The molecular weight excluding hydrogens is 397 g/mol. The Balaban J connectivity index is 1.80. The molecule has 8 nitrogen and oxygen atoms in total. The normalized spacial score (nSPS) is 13.4. The Kier molecular flexibility index (Phi) is 9.26. The zero-order valence-electron chi connectivity index (χ0n) is 16.0. The average molecular weight is 419 g/mol. The van der Waals surface area contributed by atoms with Crippen LogP contribution in [0.5, 0.6) is 0 Å². The van der Waals surface area contributed by atoms with Gasteiger partial charge in [0.05, 0.1) is 0 Å². The number of halogens is 1. The fourth-order valence-corrected chi connectivity index (χ4v) is 2.32. The number of hydrogen-bond donors (Lipinski definition) is 2. The number of ether oxygens (including phenoxy) is 4. The Hall–Kier alpha value is -3.46. The molecule has 0 fully saturated rings. The van der Waals surface area contributed by atoms with Gasteiger partial charge in [-0.3, -0.25) is 0 Å². The van der Waals surface area contributed by atoms with Crippen LogP contribution in [0.2, 0.25) is 0 Å². The van der Waals surface area contributed by atoms with Gasteiger partial charge in [-0.15, -0.1) is 0 Å². The maximum absolute atomic E-state index is 14.0. The number of aliphatic hydroxyl groups is 1. The zero-order valence-corrected chi connectivity index (χ0v) is 16.0. The highest BCUT2D eigenvalue weighted by Crippen LogP contribution is 2.12. The number of carbonyl (C=O) groups excluding carboxylic acids is 2. The van der Waals surface area contributed by atoms with Gasteiger partial charge in [-0.1, -0.05) is 60.7 Å². The second kappa shape index (κ2) is 12.2. The second-order valence-electron chi connectivity index (χ2n) is 6.12. The van der Waals surface area contributed by atoms with Crippen LogP contribution in [-0.2, 0) is 32.2 Å². The highest BCUT2D eigenvalue weighted by atomic mass is 19.1. The number of aliphatic hydroxyl groups excluding tert-OH is 1. The van der Waals surface area contributed by atoms with Crippen LogP contribution in [0.25, 0.3) is 0 Å². The van der Waals surface area contributed by atoms with Crippen molar-refractivity contribution in [2.75, 3.05) is 6.61 Å². The monoisotopic (exact) mass is 419 g/mol. The Morgan fingerprint density at radius 1 is 0.900 bits per heavy atom. The van der Waals surface area contributed by atoms with Crippen LogP contribution in [0.3, 0.4) is 0 Å². The largest absolute Gasteiger partial charge is 0.509 e. The quantitative estimate of drug-likeness (QED) is 0.448. The minimum Gasteiger partial charge on any atom is -0.431 e. The van der Waals surface area contributed by atoms with Gasteiger partial charge in [0.2, 0.25) is 0 Å². The van der Waals surface area contributed by atoms with Crippen molar-refractivity contribution in [3.8, 4) is 0 Å². The van der Waals surface area contributed by atoms with E-state index in [0.29, 0.717) is 11.8 Å². The molecule has 9 heteroatoms. The maximum atomic E-state index is 14.0. The molecule has 0 aliphatic rings. The van der Waals surface area contributed by atoms with Crippen molar-refractivity contribution in [2.45, 2.75) is 31.6 Å². The van der Waals surface area contributed by atoms with E-state index >= 15 is 0 Å². The van der Waals surface area contributed by atoms with E-state index in [1.807, 2.05) is 0 Å². The summed E-state index contributed by atoms with van der Waals surface area (Å²) < 4.78 is 33.2. The molecule has 0 aromatic heterocycles. The third-order valence-electron chi connectivity index (χ3n) is 3.86. The molecular formula is C21H22FNO7. The van der Waals surface area contributed by atoms with Gasteiger partial charge in [-0.2, -0.15) is 0 Å². The summed E-state index contributed by atoms with van der Waals surface area (Å²) in [6.45, 7) is -0.876. The highest BCUT2D eigenvalue weighted by Gasteiger charge is 2.33. The van der Waals surface area contributed by atoms with Crippen molar-refractivity contribution in [1.82, 2.24) is 0 Å². The van der Waals surface area contributed by atoms with Gasteiger partial charge < -0.3 is 29.5 Å². The number of benzene rings is 2. The van der Waals surface area contributed by atoms with Crippen molar-refractivity contribution in [3.05, 3.63) is 71.8 Å². The van der Waals surface area contributed by atoms with Crippen LogP contribution in [0, 0.1) is 5.41 Å². The molecule has 0 heterocycles. The molecule has 0 amide bonds. The SMILES string of the molecule is N=C[C@@H](F)[C@H](OC(=O)OCc1ccccc1)[C@H](O)COC(=O)OCc1ccccc1. The maximum Gasteiger partial charge on any atom is 0.509 e. The molecule has 2 aromatic carbocycles. The number of hydrogen-bond acceptors (Lipinski definition) is 8. The van der Waals surface area contributed by atoms with Gasteiger partial charge in [0.1, 0.15) is 25.9 Å². The van der Waals surface area contributed by atoms with Gasteiger partial charge in [0.25, 0.3) is 0 Å². The molecule has 0 saturated carbocycles.